The van der Waals surface area contributed by atoms with Crippen molar-refractivity contribution in [3.05, 3.63) is 52.1 Å². The van der Waals surface area contributed by atoms with E-state index in [-0.39, 0.29) is 34.2 Å². The summed E-state index contributed by atoms with van der Waals surface area (Å²) in [5, 5.41) is 9.39. The number of carbonyl (C=O) groups excluding carboxylic acids is 1. The average molecular weight is 362 g/mol. The van der Waals surface area contributed by atoms with E-state index in [0.717, 1.165) is 25.0 Å². The molecule has 1 aliphatic rings. The molecule has 26 heavy (non-hydrogen) atoms. The zero-order valence-corrected chi connectivity index (χ0v) is 13.3. The Morgan fingerprint density at radius 3 is 2.65 bits per heavy atom. The van der Waals surface area contributed by atoms with Crippen molar-refractivity contribution in [3.63, 3.8) is 0 Å². The Labute approximate surface area is 144 Å². The SMILES string of the molecule is O=C(NC1CC1)c1c[nH]c(=O)c(-c2cc(C(F)(F)F)cc3[nH]ncc23)c1. The number of rotatable bonds is 3. The van der Waals surface area contributed by atoms with Crippen molar-refractivity contribution < 1.29 is 18.0 Å². The number of halogens is 3. The van der Waals surface area contributed by atoms with E-state index in [9.17, 15) is 22.8 Å². The lowest BCUT2D eigenvalue weighted by atomic mass is 9.99. The van der Waals surface area contributed by atoms with Crippen molar-refractivity contribution in [1.29, 1.82) is 0 Å². The lowest BCUT2D eigenvalue weighted by Crippen LogP contribution is -2.26. The Kier molecular flexibility index (Phi) is 3.60. The summed E-state index contributed by atoms with van der Waals surface area (Å²) in [7, 11) is 0. The Hall–Kier alpha value is -3.10. The number of nitrogens with one attached hydrogen (secondary N) is 3. The normalized spacial score (nSPS) is 14.6. The number of amides is 1. The molecule has 9 heteroatoms. The van der Waals surface area contributed by atoms with Crippen LogP contribution in [0.4, 0.5) is 13.2 Å². The van der Waals surface area contributed by atoms with Gasteiger partial charge in [0.15, 0.2) is 0 Å². The minimum absolute atomic E-state index is 0.0223. The van der Waals surface area contributed by atoms with E-state index in [1.165, 1.54) is 18.5 Å². The smallest absolute Gasteiger partial charge is 0.349 e. The van der Waals surface area contributed by atoms with E-state index in [1.54, 1.807) is 0 Å². The van der Waals surface area contributed by atoms with Crippen LogP contribution < -0.4 is 10.9 Å². The summed E-state index contributed by atoms with van der Waals surface area (Å²) < 4.78 is 39.6. The van der Waals surface area contributed by atoms with Crippen molar-refractivity contribution >= 4 is 16.8 Å². The number of alkyl halides is 3. The van der Waals surface area contributed by atoms with Crippen molar-refractivity contribution in [1.82, 2.24) is 20.5 Å². The van der Waals surface area contributed by atoms with Crippen LogP contribution >= 0.6 is 0 Å². The maximum absolute atomic E-state index is 13.2. The van der Waals surface area contributed by atoms with E-state index in [2.05, 4.69) is 20.5 Å². The van der Waals surface area contributed by atoms with Gasteiger partial charge >= 0.3 is 6.18 Å². The van der Waals surface area contributed by atoms with Crippen LogP contribution in [-0.2, 0) is 6.18 Å². The molecule has 1 amide bonds. The number of hydrogen-bond donors (Lipinski definition) is 3. The lowest BCUT2D eigenvalue weighted by molar-refractivity contribution is -0.137. The maximum atomic E-state index is 13.2. The Morgan fingerprint density at radius 1 is 1.19 bits per heavy atom. The zero-order valence-electron chi connectivity index (χ0n) is 13.3. The summed E-state index contributed by atoms with van der Waals surface area (Å²) in [6.07, 6.45) is -0.191. The summed E-state index contributed by atoms with van der Waals surface area (Å²) in [6, 6.07) is 3.25. The van der Waals surface area contributed by atoms with Gasteiger partial charge in [-0.1, -0.05) is 0 Å². The van der Waals surface area contributed by atoms with Crippen LogP contribution in [0.1, 0.15) is 28.8 Å². The van der Waals surface area contributed by atoms with Crippen LogP contribution in [0, 0.1) is 0 Å². The number of H-pyrrole nitrogens is 2. The third-order valence-corrected chi connectivity index (χ3v) is 4.25. The van der Waals surface area contributed by atoms with Gasteiger partial charge in [0.25, 0.3) is 11.5 Å². The van der Waals surface area contributed by atoms with Gasteiger partial charge in [0, 0.05) is 23.2 Å². The molecule has 0 atom stereocenters. The summed E-state index contributed by atoms with van der Waals surface area (Å²) >= 11 is 0. The highest BCUT2D eigenvalue weighted by Crippen LogP contribution is 2.35. The predicted octanol–water partition coefficient (Wildman–Crippen LogP) is 2.83. The fourth-order valence-electron chi connectivity index (χ4n) is 2.75. The second-order valence-corrected chi connectivity index (χ2v) is 6.23. The number of carbonyl (C=O) groups is 1. The van der Waals surface area contributed by atoms with Gasteiger partial charge in [-0.2, -0.15) is 18.3 Å². The number of hydrogen-bond acceptors (Lipinski definition) is 3. The van der Waals surface area contributed by atoms with Gasteiger partial charge in [0.1, 0.15) is 0 Å². The van der Waals surface area contributed by atoms with Crippen molar-refractivity contribution in [3.8, 4) is 11.1 Å². The predicted molar refractivity (Wildman–Crippen MR) is 87.6 cm³/mol. The minimum Gasteiger partial charge on any atom is -0.349 e. The quantitative estimate of drug-likeness (QED) is 0.669. The van der Waals surface area contributed by atoms with Gasteiger partial charge in [0.2, 0.25) is 0 Å². The van der Waals surface area contributed by atoms with Gasteiger partial charge in [0.05, 0.1) is 22.8 Å². The molecule has 0 aliphatic heterocycles. The Balaban J connectivity index is 1.87. The first-order valence-electron chi connectivity index (χ1n) is 7.91. The first-order valence-corrected chi connectivity index (χ1v) is 7.91. The Bertz CT molecular complexity index is 1060. The molecule has 0 radical (unpaired) electrons. The molecule has 134 valence electrons. The molecule has 0 spiro atoms. The van der Waals surface area contributed by atoms with Crippen LogP contribution in [0.15, 0.2) is 35.4 Å². The molecule has 2 aromatic heterocycles. The lowest BCUT2D eigenvalue weighted by Gasteiger charge is -2.11. The fraction of sp³-hybridized carbons (Fsp3) is 0.235. The first kappa shape index (κ1) is 16.4. The fourth-order valence-corrected chi connectivity index (χ4v) is 2.75. The molecule has 1 aromatic carbocycles. The maximum Gasteiger partial charge on any atom is 0.416 e. The monoisotopic (exact) mass is 362 g/mol. The van der Waals surface area contributed by atoms with E-state index >= 15 is 0 Å². The summed E-state index contributed by atoms with van der Waals surface area (Å²) in [6.45, 7) is 0. The minimum atomic E-state index is -4.58. The highest BCUT2D eigenvalue weighted by molar-refractivity contribution is 5.98. The average Bonchev–Trinajstić information content (AvgIpc) is 3.26. The highest BCUT2D eigenvalue weighted by atomic mass is 19.4. The molecule has 1 aliphatic carbocycles. The molecule has 4 rings (SSSR count). The van der Waals surface area contributed by atoms with Crippen LogP contribution in [0.5, 0.6) is 0 Å². The molecule has 2 heterocycles. The van der Waals surface area contributed by atoms with Gasteiger partial charge in [-0.25, -0.2) is 0 Å². The van der Waals surface area contributed by atoms with E-state index in [0.29, 0.717) is 5.39 Å². The number of aromatic nitrogens is 3. The molecular formula is C17H13F3N4O2. The molecule has 1 saturated carbocycles. The molecule has 0 unspecified atom stereocenters. The molecule has 6 nitrogen and oxygen atoms in total. The molecule has 0 bridgehead atoms. The standard InChI is InChI=1S/C17H13F3N4O2/c18-17(19,20)9-4-11(13-7-22-24-14(13)5-9)12-3-8(6-21-16(12)26)15(25)23-10-1-2-10/h3-7,10H,1-2H2,(H,21,26)(H,22,24)(H,23,25). The number of pyridine rings is 1. The van der Waals surface area contributed by atoms with Crippen molar-refractivity contribution in [2.75, 3.05) is 0 Å². The third-order valence-electron chi connectivity index (χ3n) is 4.25. The van der Waals surface area contributed by atoms with E-state index in [1.807, 2.05) is 0 Å². The molecule has 3 aromatic rings. The number of aromatic amines is 2. The second-order valence-electron chi connectivity index (χ2n) is 6.23. The van der Waals surface area contributed by atoms with E-state index < -0.39 is 17.3 Å². The Morgan fingerprint density at radius 2 is 1.96 bits per heavy atom. The van der Waals surface area contributed by atoms with Gasteiger partial charge in [-0.3, -0.25) is 14.7 Å². The van der Waals surface area contributed by atoms with Crippen LogP contribution in [0.3, 0.4) is 0 Å². The highest BCUT2D eigenvalue weighted by Gasteiger charge is 2.32. The van der Waals surface area contributed by atoms with Crippen molar-refractivity contribution in [2.45, 2.75) is 25.1 Å². The molecule has 0 saturated heterocycles. The van der Waals surface area contributed by atoms with Crippen LogP contribution in [0.25, 0.3) is 22.0 Å². The van der Waals surface area contributed by atoms with Gasteiger partial charge in [-0.05, 0) is 36.6 Å². The number of benzene rings is 1. The van der Waals surface area contributed by atoms with Crippen molar-refractivity contribution in [2.24, 2.45) is 0 Å². The zero-order chi connectivity index (χ0) is 18.5. The van der Waals surface area contributed by atoms with Crippen LogP contribution in [0.2, 0.25) is 0 Å². The molecule has 1 fully saturated rings. The third kappa shape index (κ3) is 2.96. The summed E-state index contributed by atoms with van der Waals surface area (Å²) in [4.78, 5) is 26.9. The number of fused-ring (bicyclic) bond motifs is 1. The second kappa shape index (κ2) is 5.72. The van der Waals surface area contributed by atoms with Crippen LogP contribution in [-0.4, -0.2) is 27.1 Å². The number of nitrogens with zero attached hydrogens (tertiary/aromatic N) is 1. The molecular weight excluding hydrogens is 349 g/mol. The van der Waals surface area contributed by atoms with E-state index in [4.69, 9.17) is 0 Å². The van der Waals surface area contributed by atoms with Gasteiger partial charge < -0.3 is 10.3 Å². The molecule has 3 N–H and O–H groups in total. The largest absolute Gasteiger partial charge is 0.416 e. The van der Waals surface area contributed by atoms with Gasteiger partial charge in [-0.15, -0.1) is 0 Å². The topological polar surface area (TPSA) is 90.6 Å². The summed E-state index contributed by atoms with van der Waals surface area (Å²) in [5.41, 5.74) is -1.12. The first-order chi connectivity index (χ1) is 12.3. The summed E-state index contributed by atoms with van der Waals surface area (Å²) in [5.74, 6) is -0.375.